The average molecular weight is 393 g/mol. The van der Waals surface area contributed by atoms with Crippen LogP contribution >= 0.6 is 0 Å². The summed E-state index contributed by atoms with van der Waals surface area (Å²) < 4.78 is 4.04. The maximum absolute atomic E-state index is 11.4. The minimum atomic E-state index is -3.92. The minimum Gasteiger partial charge on any atom is -0.402 e. The largest absolute Gasteiger partial charge is 0.411 e. The Balaban J connectivity index is 3.37. The third-order valence-corrected chi connectivity index (χ3v) is 4.68. The first-order chi connectivity index (χ1) is 12.7. The third kappa shape index (κ3) is 14.9. The highest BCUT2D eigenvalue weighted by molar-refractivity contribution is 5.69. The van der Waals surface area contributed by atoms with Crippen LogP contribution in [0.4, 0.5) is 0 Å². The molecule has 0 unspecified atom stereocenters. The summed E-state index contributed by atoms with van der Waals surface area (Å²) in [7, 11) is 0. The van der Waals surface area contributed by atoms with Gasteiger partial charge < -0.3 is 30.3 Å². The van der Waals surface area contributed by atoms with E-state index >= 15 is 0 Å². The molecular weight excluding hydrogens is 352 g/mol. The van der Waals surface area contributed by atoms with E-state index in [4.69, 9.17) is 25.5 Å². The van der Waals surface area contributed by atoms with Gasteiger partial charge in [-0.3, -0.25) is 4.79 Å². The second-order valence-electron chi connectivity index (χ2n) is 7.42. The summed E-state index contributed by atoms with van der Waals surface area (Å²) in [4.78, 5) is 11.4. The molecular formula is C20H40O7. The Kier molecular flexibility index (Phi) is 14.8. The standard InChI is InChI=1S/C20H40O7/c1-2-3-4-5-6-7-8-9-10-11-12-13-14-15-16-17-18(21)27-20(25,26)19(22,23)24/h22-26H,2-17H2,1H3. The van der Waals surface area contributed by atoms with E-state index in [0.717, 1.165) is 19.3 Å². The highest BCUT2D eigenvalue weighted by atomic mass is 16.8. The zero-order valence-electron chi connectivity index (χ0n) is 16.9. The summed E-state index contributed by atoms with van der Waals surface area (Å²) in [5, 5.41) is 43.9. The molecule has 0 aliphatic rings. The van der Waals surface area contributed by atoms with Gasteiger partial charge in [0, 0.05) is 6.42 Å². The number of hydrogen-bond donors (Lipinski definition) is 5. The van der Waals surface area contributed by atoms with E-state index in [1.54, 1.807) is 0 Å². The molecule has 0 aromatic rings. The molecule has 0 amide bonds. The van der Waals surface area contributed by atoms with Crippen LogP contribution in [0.2, 0.25) is 0 Å². The summed E-state index contributed by atoms with van der Waals surface area (Å²) in [5.41, 5.74) is 0. The van der Waals surface area contributed by atoms with E-state index in [0.29, 0.717) is 6.42 Å². The summed E-state index contributed by atoms with van der Waals surface area (Å²) in [6, 6.07) is 0. The molecule has 0 aliphatic heterocycles. The Labute approximate surface area is 163 Å². The molecule has 0 atom stereocenters. The molecule has 0 aliphatic carbocycles. The van der Waals surface area contributed by atoms with Crippen LogP contribution in [0, 0.1) is 0 Å². The van der Waals surface area contributed by atoms with Crippen LogP contribution in [0.25, 0.3) is 0 Å². The lowest BCUT2D eigenvalue weighted by atomic mass is 10.0. The molecule has 7 heteroatoms. The van der Waals surface area contributed by atoms with Gasteiger partial charge in [-0.15, -0.1) is 0 Å². The predicted octanol–water partition coefficient (Wildman–Crippen LogP) is 3.06. The van der Waals surface area contributed by atoms with Crippen LogP contribution in [0.3, 0.4) is 0 Å². The molecule has 0 spiro atoms. The van der Waals surface area contributed by atoms with E-state index in [-0.39, 0.29) is 6.42 Å². The second-order valence-corrected chi connectivity index (χ2v) is 7.42. The summed E-state index contributed by atoms with van der Waals surface area (Å²) in [6.45, 7) is 2.24. The third-order valence-electron chi connectivity index (χ3n) is 4.68. The summed E-state index contributed by atoms with van der Waals surface area (Å²) >= 11 is 0. The van der Waals surface area contributed by atoms with Crippen LogP contribution in [0.5, 0.6) is 0 Å². The number of hydrogen-bond acceptors (Lipinski definition) is 7. The Morgan fingerprint density at radius 2 is 0.963 bits per heavy atom. The smallest absolute Gasteiger partial charge is 0.402 e. The van der Waals surface area contributed by atoms with E-state index < -0.39 is 17.9 Å². The summed E-state index contributed by atoms with van der Waals surface area (Å²) in [5.74, 6) is -8.67. The number of aliphatic hydroxyl groups is 5. The van der Waals surface area contributed by atoms with Gasteiger partial charge in [-0.25, -0.2) is 0 Å². The highest BCUT2D eigenvalue weighted by Crippen LogP contribution is 2.18. The number of esters is 1. The van der Waals surface area contributed by atoms with Gasteiger partial charge in [0.1, 0.15) is 0 Å². The first-order valence-corrected chi connectivity index (χ1v) is 10.5. The van der Waals surface area contributed by atoms with E-state index in [1.165, 1.54) is 70.6 Å². The first-order valence-electron chi connectivity index (χ1n) is 10.5. The molecule has 0 aromatic carbocycles. The fourth-order valence-corrected chi connectivity index (χ4v) is 2.92. The predicted molar refractivity (Wildman–Crippen MR) is 102 cm³/mol. The molecule has 0 saturated heterocycles. The average Bonchev–Trinajstić information content (AvgIpc) is 2.57. The van der Waals surface area contributed by atoms with Crippen molar-refractivity contribution in [3.63, 3.8) is 0 Å². The van der Waals surface area contributed by atoms with Gasteiger partial charge in [-0.05, 0) is 6.42 Å². The Morgan fingerprint density at radius 1 is 0.630 bits per heavy atom. The fraction of sp³-hybridized carbons (Fsp3) is 0.950. The molecule has 0 heterocycles. The Bertz CT molecular complexity index is 364. The van der Waals surface area contributed by atoms with Crippen molar-refractivity contribution in [2.75, 3.05) is 0 Å². The van der Waals surface area contributed by atoms with Gasteiger partial charge in [0.05, 0.1) is 0 Å². The maximum Gasteiger partial charge on any atom is 0.411 e. The topological polar surface area (TPSA) is 127 Å². The highest BCUT2D eigenvalue weighted by Gasteiger charge is 2.51. The van der Waals surface area contributed by atoms with Crippen molar-refractivity contribution >= 4 is 5.97 Å². The lowest BCUT2D eigenvalue weighted by molar-refractivity contribution is -0.510. The minimum absolute atomic E-state index is 0.0861. The van der Waals surface area contributed by atoms with Gasteiger partial charge in [0.15, 0.2) is 0 Å². The molecule has 5 N–H and O–H groups in total. The van der Waals surface area contributed by atoms with E-state index in [1.807, 2.05) is 0 Å². The lowest BCUT2D eigenvalue weighted by Gasteiger charge is -2.28. The molecule has 162 valence electrons. The number of unbranched alkanes of at least 4 members (excludes halogenated alkanes) is 14. The molecule has 0 fully saturated rings. The second kappa shape index (κ2) is 15.2. The molecule has 0 saturated carbocycles. The number of rotatable bonds is 18. The van der Waals surface area contributed by atoms with E-state index in [2.05, 4.69) is 11.7 Å². The van der Waals surface area contributed by atoms with Crippen molar-refractivity contribution in [2.45, 2.75) is 122 Å². The first kappa shape index (κ1) is 26.3. The van der Waals surface area contributed by atoms with Crippen molar-refractivity contribution in [3.8, 4) is 0 Å². The van der Waals surface area contributed by atoms with Crippen LogP contribution in [-0.2, 0) is 9.53 Å². The number of ether oxygens (including phenoxy) is 1. The molecule has 0 radical (unpaired) electrons. The normalized spacial score (nSPS) is 12.4. The van der Waals surface area contributed by atoms with Gasteiger partial charge in [0.2, 0.25) is 0 Å². The quantitative estimate of drug-likeness (QED) is 0.138. The maximum atomic E-state index is 11.4. The van der Waals surface area contributed by atoms with Crippen molar-refractivity contribution in [1.29, 1.82) is 0 Å². The molecule has 27 heavy (non-hydrogen) atoms. The number of carbonyl (C=O) groups excluding carboxylic acids is 1. The molecule has 0 bridgehead atoms. The van der Waals surface area contributed by atoms with Crippen molar-refractivity contribution in [3.05, 3.63) is 0 Å². The monoisotopic (exact) mass is 392 g/mol. The number of carbonyl (C=O) groups is 1. The van der Waals surface area contributed by atoms with Crippen LogP contribution in [0.1, 0.15) is 110 Å². The zero-order valence-corrected chi connectivity index (χ0v) is 16.9. The Hall–Kier alpha value is -0.730. The lowest BCUT2D eigenvalue weighted by Crippen LogP contribution is -2.57. The van der Waals surface area contributed by atoms with Crippen molar-refractivity contribution in [1.82, 2.24) is 0 Å². The molecule has 7 nitrogen and oxygen atoms in total. The van der Waals surface area contributed by atoms with E-state index in [9.17, 15) is 4.79 Å². The Morgan fingerprint density at radius 3 is 1.30 bits per heavy atom. The SMILES string of the molecule is CCCCCCCCCCCCCCCCCC(=O)OC(O)(O)C(O)(O)O. The van der Waals surface area contributed by atoms with Crippen molar-refractivity contribution < 1.29 is 35.1 Å². The molecule has 0 aromatic heterocycles. The van der Waals surface area contributed by atoms with Crippen LogP contribution in [0.15, 0.2) is 0 Å². The van der Waals surface area contributed by atoms with Crippen LogP contribution < -0.4 is 0 Å². The van der Waals surface area contributed by atoms with Crippen LogP contribution in [-0.4, -0.2) is 43.4 Å². The van der Waals surface area contributed by atoms with Gasteiger partial charge in [-0.1, -0.05) is 96.8 Å². The van der Waals surface area contributed by atoms with Crippen molar-refractivity contribution in [2.24, 2.45) is 0 Å². The summed E-state index contributed by atoms with van der Waals surface area (Å²) in [6.07, 6.45) is 17.8. The van der Waals surface area contributed by atoms with Gasteiger partial charge in [-0.2, -0.15) is 0 Å². The van der Waals surface area contributed by atoms with Gasteiger partial charge >= 0.3 is 17.9 Å². The molecule has 0 rings (SSSR count). The zero-order chi connectivity index (χ0) is 20.6. The fourth-order valence-electron chi connectivity index (χ4n) is 2.92. The van der Waals surface area contributed by atoms with Gasteiger partial charge in [0.25, 0.3) is 0 Å².